The lowest BCUT2D eigenvalue weighted by molar-refractivity contribution is 0.332. The van der Waals surface area contributed by atoms with E-state index in [2.05, 4.69) is 0 Å². The minimum atomic E-state index is -3.42. The van der Waals surface area contributed by atoms with Gasteiger partial charge < -0.3 is 9.11 Å². The van der Waals surface area contributed by atoms with E-state index in [1.54, 1.807) is 0 Å². The molecule has 0 aliphatic heterocycles. The summed E-state index contributed by atoms with van der Waals surface area (Å²) in [5.74, 6) is 0. The fourth-order valence-corrected chi connectivity index (χ4v) is 0. The highest BCUT2D eigenvalue weighted by Crippen LogP contribution is 2.26. The van der Waals surface area contributed by atoms with Crippen molar-refractivity contribution in [1.29, 1.82) is 0 Å². The van der Waals surface area contributed by atoms with Crippen LogP contribution in [0.1, 0.15) is 0 Å². The van der Waals surface area contributed by atoms with Gasteiger partial charge in [-0.15, -0.1) is 4.55 Å². The Morgan fingerprint density at radius 2 is 1.60 bits per heavy atom. The van der Waals surface area contributed by atoms with Gasteiger partial charge in [0.25, 0.3) is 0 Å². The molecule has 0 aromatic rings. The summed E-state index contributed by atoms with van der Waals surface area (Å²) in [7, 11) is -3.42. The molecule has 0 aromatic carbocycles. The second-order valence-electron chi connectivity index (χ2n) is 0.763. The lowest BCUT2D eigenvalue weighted by Gasteiger charge is -2.04. The summed E-state index contributed by atoms with van der Waals surface area (Å²) in [4.78, 5) is 0. The van der Waals surface area contributed by atoms with Gasteiger partial charge in [0.2, 0.25) is 0 Å². The van der Waals surface area contributed by atoms with E-state index in [-0.39, 0.29) is 0 Å². The van der Waals surface area contributed by atoms with Crippen molar-refractivity contribution in [2.75, 3.05) is 6.26 Å². The Hall–Kier alpha value is 0.230. The summed E-state index contributed by atoms with van der Waals surface area (Å²) in [6.07, 6.45) is 0.826. The Kier molecular flexibility index (Phi) is 1.19. The zero-order valence-corrected chi connectivity index (χ0v) is 3.53. The van der Waals surface area contributed by atoms with Crippen molar-refractivity contribution in [3.8, 4) is 0 Å². The van der Waals surface area contributed by atoms with E-state index in [9.17, 15) is 4.55 Å². The topological polar surface area (TPSA) is 60.4 Å². The second kappa shape index (κ2) is 1.14. The maximum absolute atomic E-state index is 9.30. The Balaban J connectivity index is 3.02. The van der Waals surface area contributed by atoms with E-state index in [0.717, 1.165) is 6.26 Å². The van der Waals surface area contributed by atoms with Crippen molar-refractivity contribution >= 4 is 10.9 Å². The molecule has 0 saturated heterocycles. The quantitative estimate of drug-likeness (QED) is 0.467. The normalized spacial score (nSPS) is 15.2. The van der Waals surface area contributed by atoms with Crippen molar-refractivity contribution in [2.45, 2.75) is 0 Å². The molecule has 3 nitrogen and oxygen atoms in total. The first-order valence-corrected chi connectivity index (χ1v) is 2.82. The molecule has 0 atom stereocenters. The lowest BCUT2D eigenvalue weighted by atomic mass is 12.0. The minimum absolute atomic E-state index is 0.826. The van der Waals surface area contributed by atoms with E-state index >= 15 is 0 Å². The highest BCUT2D eigenvalue weighted by molar-refractivity contribution is 8.18. The van der Waals surface area contributed by atoms with E-state index in [0.29, 0.717) is 0 Å². The average Bonchev–Trinajstić information content (AvgIpc) is 0.722. The minimum Gasteiger partial charge on any atom is -0.306 e. The first-order valence-electron chi connectivity index (χ1n) is 0.940. The van der Waals surface area contributed by atoms with Crippen LogP contribution in [0.5, 0.6) is 0 Å². The molecule has 0 aromatic heterocycles. The van der Waals surface area contributed by atoms with Crippen LogP contribution in [0.3, 0.4) is 0 Å². The fraction of sp³-hybridized carbons (Fsp3) is 1.00. The monoisotopic (exact) mass is 97.0 g/mol. The predicted molar refractivity (Wildman–Crippen MR) is 19.5 cm³/mol. The molecular weight excluding hydrogens is 92.1 g/mol. The molecule has 0 aliphatic carbocycles. The van der Waals surface area contributed by atoms with Crippen LogP contribution < -0.4 is 0 Å². The third kappa shape index (κ3) is 398. The molecular formula is CH5O3S. The molecule has 0 heterocycles. The van der Waals surface area contributed by atoms with Crippen molar-refractivity contribution in [2.24, 2.45) is 0 Å². The molecule has 0 fully saturated rings. The third-order valence-corrected chi connectivity index (χ3v) is 0. The molecule has 5 heavy (non-hydrogen) atoms. The van der Waals surface area contributed by atoms with Gasteiger partial charge in [-0.05, 0) is 0 Å². The van der Waals surface area contributed by atoms with Crippen molar-refractivity contribution in [3.05, 3.63) is 0 Å². The van der Waals surface area contributed by atoms with Crippen LogP contribution in [0, 0.1) is 0 Å². The van der Waals surface area contributed by atoms with E-state index < -0.39 is 10.9 Å². The maximum Gasteiger partial charge on any atom is 0.114 e. The van der Waals surface area contributed by atoms with Crippen LogP contribution in [0.2, 0.25) is 0 Å². The molecule has 1 radical (unpaired) electrons. The number of hydrogen-bond acceptors (Lipinski definition) is 2. The average molecular weight is 97.1 g/mol. The SMILES string of the molecule is CS([O])(O)O. The molecule has 0 spiro atoms. The Bertz CT molecular complexity index is 22.4. The summed E-state index contributed by atoms with van der Waals surface area (Å²) in [6.45, 7) is 0. The zero-order valence-electron chi connectivity index (χ0n) is 2.71. The van der Waals surface area contributed by atoms with Crippen LogP contribution >= 0.6 is 10.9 Å². The van der Waals surface area contributed by atoms with E-state index in [1.165, 1.54) is 0 Å². The second-order valence-corrected chi connectivity index (χ2v) is 2.29. The molecule has 0 amide bonds. The van der Waals surface area contributed by atoms with Crippen molar-refractivity contribution in [3.63, 3.8) is 0 Å². The van der Waals surface area contributed by atoms with Gasteiger partial charge >= 0.3 is 0 Å². The van der Waals surface area contributed by atoms with Gasteiger partial charge in [-0.3, -0.25) is 0 Å². The van der Waals surface area contributed by atoms with Gasteiger partial charge in [0, 0.05) is 6.26 Å². The van der Waals surface area contributed by atoms with Crippen LogP contribution in [-0.2, 0) is 4.55 Å². The highest BCUT2D eigenvalue weighted by Gasteiger charge is 1.98. The molecule has 0 unspecified atom stereocenters. The smallest absolute Gasteiger partial charge is 0.114 e. The molecule has 0 saturated carbocycles. The zero-order chi connectivity index (χ0) is 4.50. The largest absolute Gasteiger partial charge is 0.306 e. The summed E-state index contributed by atoms with van der Waals surface area (Å²) < 4.78 is 24.5. The standard InChI is InChI=1S/CH5O3S/c1-5(2,3)4/h2-3H,1H3. The van der Waals surface area contributed by atoms with Crippen molar-refractivity contribution in [1.82, 2.24) is 0 Å². The number of hydrogen-bond donors (Lipinski definition) is 2. The van der Waals surface area contributed by atoms with Gasteiger partial charge in [-0.1, -0.05) is 0 Å². The Morgan fingerprint density at radius 3 is 1.60 bits per heavy atom. The van der Waals surface area contributed by atoms with Gasteiger partial charge in [0.05, 0.1) is 0 Å². The van der Waals surface area contributed by atoms with Crippen LogP contribution in [0.25, 0.3) is 0 Å². The van der Waals surface area contributed by atoms with Crippen LogP contribution in [0.15, 0.2) is 0 Å². The first kappa shape index (κ1) is 5.23. The molecule has 0 rings (SSSR count). The summed E-state index contributed by atoms with van der Waals surface area (Å²) >= 11 is 0. The van der Waals surface area contributed by atoms with Crippen LogP contribution in [-0.4, -0.2) is 15.4 Å². The molecule has 0 bridgehead atoms. The van der Waals surface area contributed by atoms with Gasteiger partial charge in [-0.25, -0.2) is 0 Å². The highest BCUT2D eigenvalue weighted by atomic mass is 32.3. The lowest BCUT2D eigenvalue weighted by Crippen LogP contribution is -1.84. The van der Waals surface area contributed by atoms with Gasteiger partial charge in [0.15, 0.2) is 0 Å². The van der Waals surface area contributed by atoms with E-state index in [4.69, 9.17) is 9.11 Å². The Morgan fingerprint density at radius 1 is 1.60 bits per heavy atom. The first-order chi connectivity index (χ1) is 2.00. The summed E-state index contributed by atoms with van der Waals surface area (Å²) in [5, 5.41) is 0. The molecule has 0 aliphatic rings. The Labute approximate surface area is 31.8 Å². The number of rotatable bonds is 0. The van der Waals surface area contributed by atoms with Gasteiger partial charge in [0.1, 0.15) is 10.9 Å². The van der Waals surface area contributed by atoms with Crippen molar-refractivity contribution < 1.29 is 13.7 Å². The molecule has 33 valence electrons. The van der Waals surface area contributed by atoms with Gasteiger partial charge in [-0.2, -0.15) is 0 Å². The summed E-state index contributed by atoms with van der Waals surface area (Å²) in [5.41, 5.74) is 0. The maximum atomic E-state index is 9.30. The predicted octanol–water partition coefficient (Wildman–Crippen LogP) is 0.712. The van der Waals surface area contributed by atoms with Crippen LogP contribution in [0.4, 0.5) is 0 Å². The fourth-order valence-electron chi connectivity index (χ4n) is 0. The summed E-state index contributed by atoms with van der Waals surface area (Å²) in [6, 6.07) is 0. The third-order valence-electron chi connectivity index (χ3n) is 0. The van der Waals surface area contributed by atoms with E-state index in [1.807, 2.05) is 0 Å². The molecule has 2 N–H and O–H groups in total. The molecule has 4 heteroatoms.